The van der Waals surface area contributed by atoms with E-state index in [9.17, 15) is 0 Å². The molecule has 1 aliphatic heterocycles. The highest BCUT2D eigenvalue weighted by Gasteiger charge is 2.29. The molecular weight excluding hydrogens is 254 g/mol. The third-order valence-corrected chi connectivity index (χ3v) is 5.32. The van der Waals surface area contributed by atoms with Crippen molar-refractivity contribution in [3.05, 3.63) is 21.9 Å². The van der Waals surface area contributed by atoms with E-state index in [4.69, 9.17) is 5.73 Å². The highest BCUT2D eigenvalue weighted by Crippen LogP contribution is 2.32. The lowest BCUT2D eigenvalue weighted by Crippen LogP contribution is -2.47. The van der Waals surface area contributed by atoms with Crippen molar-refractivity contribution in [3.63, 3.8) is 0 Å². The smallest absolute Gasteiger partial charge is 0.0590 e. The van der Waals surface area contributed by atoms with Gasteiger partial charge >= 0.3 is 0 Å². The van der Waals surface area contributed by atoms with Crippen molar-refractivity contribution in [2.75, 3.05) is 27.2 Å². The highest BCUT2D eigenvalue weighted by atomic mass is 32.1. The van der Waals surface area contributed by atoms with Gasteiger partial charge in [-0.1, -0.05) is 0 Å². The van der Waals surface area contributed by atoms with Crippen LogP contribution in [0, 0.1) is 6.92 Å². The van der Waals surface area contributed by atoms with Gasteiger partial charge in [0.05, 0.1) is 6.04 Å². The zero-order chi connectivity index (χ0) is 14.0. The van der Waals surface area contributed by atoms with E-state index in [0.29, 0.717) is 12.1 Å². The van der Waals surface area contributed by atoms with Crippen LogP contribution in [0.1, 0.15) is 35.6 Å². The Kier molecular flexibility index (Phi) is 5.01. The zero-order valence-corrected chi connectivity index (χ0v) is 13.4. The number of piperidine rings is 1. The fourth-order valence-corrected chi connectivity index (χ4v) is 4.22. The number of likely N-dealkylation sites (tertiary alicyclic amines) is 1. The number of thiophene rings is 1. The van der Waals surface area contributed by atoms with E-state index in [-0.39, 0.29) is 6.04 Å². The number of hydrogen-bond donors (Lipinski definition) is 1. The number of hydrogen-bond acceptors (Lipinski definition) is 4. The van der Waals surface area contributed by atoms with Gasteiger partial charge in [0.1, 0.15) is 0 Å². The molecule has 2 N–H and O–H groups in total. The quantitative estimate of drug-likeness (QED) is 0.920. The third kappa shape index (κ3) is 3.57. The normalized spacial score (nSPS) is 21.8. The molecule has 2 atom stereocenters. The summed E-state index contributed by atoms with van der Waals surface area (Å²) in [6.45, 7) is 6.70. The van der Waals surface area contributed by atoms with Crippen LogP contribution < -0.4 is 5.73 Å². The van der Waals surface area contributed by atoms with E-state index in [1.54, 1.807) is 0 Å². The van der Waals surface area contributed by atoms with Crippen molar-refractivity contribution in [1.82, 2.24) is 9.80 Å². The van der Waals surface area contributed by atoms with E-state index in [1.165, 1.54) is 35.7 Å². The number of aryl methyl sites for hydroxylation is 1. The topological polar surface area (TPSA) is 32.5 Å². The molecule has 0 aliphatic carbocycles. The van der Waals surface area contributed by atoms with Crippen LogP contribution in [-0.4, -0.2) is 49.1 Å². The molecule has 4 heteroatoms. The average Bonchev–Trinajstić information content (AvgIpc) is 2.76. The maximum atomic E-state index is 6.27. The summed E-state index contributed by atoms with van der Waals surface area (Å²) in [7, 11) is 4.46. The Hall–Kier alpha value is -0.420. The fourth-order valence-electron chi connectivity index (χ4n) is 3.07. The van der Waals surface area contributed by atoms with Crippen molar-refractivity contribution in [3.8, 4) is 0 Å². The first kappa shape index (κ1) is 15.0. The molecule has 0 amide bonds. The van der Waals surface area contributed by atoms with E-state index in [0.717, 1.165) is 0 Å². The lowest BCUT2D eigenvalue weighted by Gasteiger charge is -2.40. The van der Waals surface area contributed by atoms with Gasteiger partial charge in [-0.15, -0.1) is 11.3 Å². The Morgan fingerprint density at radius 3 is 2.47 bits per heavy atom. The molecule has 19 heavy (non-hydrogen) atoms. The average molecular weight is 281 g/mol. The van der Waals surface area contributed by atoms with Gasteiger partial charge in [-0.05, 0) is 66.0 Å². The van der Waals surface area contributed by atoms with Crippen LogP contribution in [0.15, 0.2) is 12.1 Å². The molecule has 0 radical (unpaired) electrons. The van der Waals surface area contributed by atoms with Crippen LogP contribution in [0.25, 0.3) is 0 Å². The van der Waals surface area contributed by atoms with Gasteiger partial charge in [0.25, 0.3) is 0 Å². The minimum Gasteiger partial charge on any atom is -0.326 e. The molecular formula is C15H27N3S. The first-order chi connectivity index (χ1) is 8.99. The second-order valence-electron chi connectivity index (χ2n) is 5.95. The molecule has 0 spiro atoms. The van der Waals surface area contributed by atoms with Crippen LogP contribution in [0.3, 0.4) is 0 Å². The van der Waals surface area contributed by atoms with Crippen molar-refractivity contribution in [2.24, 2.45) is 5.73 Å². The molecule has 3 nitrogen and oxygen atoms in total. The summed E-state index contributed by atoms with van der Waals surface area (Å²) in [5.41, 5.74) is 6.27. The largest absolute Gasteiger partial charge is 0.326 e. The van der Waals surface area contributed by atoms with Crippen LogP contribution in [0.4, 0.5) is 0 Å². The minimum atomic E-state index is 0.169. The van der Waals surface area contributed by atoms with Gasteiger partial charge in [0.15, 0.2) is 0 Å². The van der Waals surface area contributed by atoms with E-state index in [1.807, 2.05) is 11.3 Å². The van der Waals surface area contributed by atoms with Crippen LogP contribution in [0.2, 0.25) is 0 Å². The molecule has 0 aromatic carbocycles. The fraction of sp³-hybridized carbons (Fsp3) is 0.733. The minimum absolute atomic E-state index is 0.169. The Labute approximate surface area is 121 Å². The van der Waals surface area contributed by atoms with Gasteiger partial charge in [0.2, 0.25) is 0 Å². The van der Waals surface area contributed by atoms with Crippen molar-refractivity contribution >= 4 is 11.3 Å². The summed E-state index contributed by atoms with van der Waals surface area (Å²) in [5.74, 6) is 0. The standard InChI is InChI=1S/C15H27N3S/c1-11-5-6-14(19-11)15(12(2)16)18(4)13-7-9-17(3)10-8-13/h5-6,12-13,15H,7-10,16H2,1-4H3. The van der Waals surface area contributed by atoms with E-state index < -0.39 is 0 Å². The molecule has 1 saturated heterocycles. The first-order valence-electron chi connectivity index (χ1n) is 7.21. The summed E-state index contributed by atoms with van der Waals surface area (Å²) in [5, 5.41) is 0. The van der Waals surface area contributed by atoms with Gasteiger partial charge in [-0.3, -0.25) is 4.90 Å². The number of nitrogens with zero attached hydrogens (tertiary/aromatic N) is 2. The maximum Gasteiger partial charge on any atom is 0.0590 e. The number of nitrogens with two attached hydrogens (primary N) is 1. The summed E-state index contributed by atoms with van der Waals surface area (Å²) in [6, 6.07) is 5.64. The molecule has 1 aromatic heterocycles. The monoisotopic (exact) mass is 281 g/mol. The molecule has 1 aliphatic rings. The summed E-state index contributed by atoms with van der Waals surface area (Å²) in [6.07, 6.45) is 2.50. The Morgan fingerprint density at radius 1 is 1.37 bits per heavy atom. The predicted octanol–water partition coefficient (Wildman–Crippen LogP) is 2.47. The molecule has 0 saturated carbocycles. The van der Waals surface area contributed by atoms with Gasteiger partial charge in [0, 0.05) is 21.8 Å². The number of rotatable bonds is 4. The van der Waals surface area contributed by atoms with Gasteiger partial charge in [-0.2, -0.15) is 0 Å². The lowest BCUT2D eigenvalue weighted by atomic mass is 9.99. The Morgan fingerprint density at radius 2 is 2.00 bits per heavy atom. The molecule has 1 aromatic rings. The third-order valence-electron chi connectivity index (χ3n) is 4.25. The van der Waals surface area contributed by atoms with Crippen LogP contribution >= 0.6 is 11.3 Å². The molecule has 2 rings (SSSR count). The Bertz CT molecular complexity index is 394. The number of likely N-dealkylation sites (N-methyl/N-ethyl adjacent to an activating group) is 1. The van der Waals surface area contributed by atoms with Crippen LogP contribution in [0.5, 0.6) is 0 Å². The van der Waals surface area contributed by atoms with Gasteiger partial charge < -0.3 is 10.6 Å². The SMILES string of the molecule is Cc1ccc(C(C(C)N)N(C)C2CCN(C)CC2)s1. The summed E-state index contributed by atoms with van der Waals surface area (Å²) >= 11 is 1.88. The highest BCUT2D eigenvalue weighted by molar-refractivity contribution is 7.12. The zero-order valence-electron chi connectivity index (χ0n) is 12.6. The molecule has 2 unspecified atom stereocenters. The van der Waals surface area contributed by atoms with E-state index >= 15 is 0 Å². The maximum absolute atomic E-state index is 6.27. The van der Waals surface area contributed by atoms with Crippen molar-refractivity contribution in [2.45, 2.75) is 44.8 Å². The molecule has 108 valence electrons. The molecule has 2 heterocycles. The summed E-state index contributed by atoms with van der Waals surface area (Å²) in [4.78, 5) is 7.72. The lowest BCUT2D eigenvalue weighted by molar-refractivity contribution is 0.0985. The van der Waals surface area contributed by atoms with Crippen LogP contribution in [-0.2, 0) is 0 Å². The second kappa shape index (κ2) is 6.35. The molecule has 1 fully saturated rings. The molecule has 0 bridgehead atoms. The second-order valence-corrected chi connectivity index (χ2v) is 7.27. The van der Waals surface area contributed by atoms with Crippen molar-refractivity contribution < 1.29 is 0 Å². The van der Waals surface area contributed by atoms with Gasteiger partial charge in [-0.25, -0.2) is 0 Å². The Balaban J connectivity index is 2.10. The first-order valence-corrected chi connectivity index (χ1v) is 8.03. The van der Waals surface area contributed by atoms with E-state index in [2.05, 4.69) is 49.9 Å². The summed E-state index contributed by atoms with van der Waals surface area (Å²) < 4.78 is 0. The van der Waals surface area contributed by atoms with Crippen molar-refractivity contribution in [1.29, 1.82) is 0 Å². The predicted molar refractivity (Wildman–Crippen MR) is 83.7 cm³/mol.